The lowest BCUT2D eigenvalue weighted by molar-refractivity contribution is -0.385. The molecule has 7 heterocycles. The molecule has 0 atom stereocenters. The number of benzene rings is 5. The molecule has 43 heteroatoms. The Morgan fingerprint density at radius 3 is 1.01 bits per heavy atom. The molecule has 36 nitrogen and oxygen atoms in total. The number of pyridine rings is 3. The van der Waals surface area contributed by atoms with E-state index in [1.165, 1.54) is 146 Å². The maximum atomic E-state index is 13.7. The Morgan fingerprint density at radius 2 is 0.712 bits per heavy atom. The predicted octanol–water partition coefficient (Wildman–Crippen LogP) is 12.2. The lowest BCUT2D eigenvalue weighted by Crippen LogP contribution is -2.29. The predicted molar refractivity (Wildman–Crippen MR) is 391 cm³/mol. The summed E-state index contributed by atoms with van der Waals surface area (Å²) in [5.41, 5.74) is 23.3. The number of H-pyrrole nitrogens is 4. The van der Waals surface area contributed by atoms with Crippen LogP contribution in [0, 0.1) is 42.0 Å². The minimum atomic E-state index is -0.684. The van der Waals surface area contributed by atoms with E-state index in [0.29, 0.717) is 50.0 Å². The van der Waals surface area contributed by atoms with Crippen LogP contribution in [0.25, 0.3) is 45.0 Å². The lowest BCUT2D eigenvalue weighted by atomic mass is 10.1. The van der Waals surface area contributed by atoms with E-state index in [1.807, 2.05) is 0 Å². The molecule has 12 rings (SSSR count). The number of hydrogen-bond acceptors (Lipinski definition) is 25. The van der Waals surface area contributed by atoms with Crippen molar-refractivity contribution < 1.29 is 23.6 Å². The molecule has 0 aliphatic heterocycles. The van der Waals surface area contributed by atoms with Gasteiger partial charge in [-0.15, -0.1) is 40.9 Å². The number of hydrogen-bond donors (Lipinski definition) is 8. The first-order chi connectivity index (χ1) is 49.8. The van der Waals surface area contributed by atoms with Crippen LogP contribution in [0.1, 0.15) is 0 Å². The maximum Gasteiger partial charge on any atom is 0.301 e. The van der Waals surface area contributed by atoms with Crippen molar-refractivity contribution in [2.75, 3.05) is 0 Å². The third-order valence-corrected chi connectivity index (χ3v) is 14.4. The van der Waals surface area contributed by atoms with Crippen LogP contribution in [0.3, 0.4) is 0 Å². The molecule has 104 heavy (non-hydrogen) atoms. The van der Waals surface area contributed by atoms with Crippen molar-refractivity contribution in [2.45, 2.75) is 0 Å². The van der Waals surface area contributed by atoms with Crippen molar-refractivity contribution in [2.24, 2.45) is 63.8 Å². The number of aromatic nitrogens is 11. The van der Waals surface area contributed by atoms with Gasteiger partial charge in [0.25, 0.3) is 17.1 Å². The molecule has 7 aromatic heterocycles. The average molecular weight is 1500 g/mol. The van der Waals surface area contributed by atoms with E-state index >= 15 is 0 Å². The van der Waals surface area contributed by atoms with Crippen LogP contribution in [0.15, 0.2) is 249 Å². The molecule has 5 aromatic carbocycles. The first kappa shape index (κ1) is 74.1. The Hall–Kier alpha value is -14.1. The summed E-state index contributed by atoms with van der Waals surface area (Å²) < 4.78 is 30.6. The number of thiocarbonyl (C=S) groups is 4. The summed E-state index contributed by atoms with van der Waals surface area (Å²) in [7, 11) is 0. The minimum absolute atomic E-state index is 0.0123. The van der Waals surface area contributed by atoms with E-state index in [-0.39, 0.29) is 83.0 Å². The fourth-order valence-corrected chi connectivity index (χ4v) is 9.30. The summed E-state index contributed by atoms with van der Waals surface area (Å²) in [4.78, 5) is 92.4. The van der Waals surface area contributed by atoms with Crippen LogP contribution in [0.4, 0.5) is 71.3 Å². The van der Waals surface area contributed by atoms with Crippen LogP contribution >= 0.6 is 60.5 Å². The summed E-state index contributed by atoms with van der Waals surface area (Å²) >= 11 is 25.2. The van der Waals surface area contributed by atoms with Crippen LogP contribution in [0.2, 0.25) is 5.02 Å². The quantitative estimate of drug-likeness (QED) is 0.0204. The van der Waals surface area contributed by atoms with Crippen molar-refractivity contribution in [3.63, 3.8) is 0 Å². The van der Waals surface area contributed by atoms with Crippen LogP contribution in [-0.4, -0.2) is 89.3 Å². The number of non-ortho nitro benzene ring substituents is 3. The molecule has 12 aromatic rings. The monoisotopic (exact) mass is 1500 g/mol. The maximum absolute atomic E-state index is 13.7. The molecule has 522 valence electrons. The summed E-state index contributed by atoms with van der Waals surface area (Å²) in [5.74, 6) is -1.00. The smallest absolute Gasteiger partial charge is 0.301 e. The van der Waals surface area contributed by atoms with E-state index in [1.54, 1.807) is 42.7 Å². The normalized spacial score (nSPS) is 11.0. The van der Waals surface area contributed by atoms with E-state index in [9.17, 15) is 58.3 Å². The molecular formula is C61H43ClF2N26O10S4. The fourth-order valence-electron chi connectivity index (χ4n) is 8.62. The molecule has 0 amide bonds. The van der Waals surface area contributed by atoms with Crippen molar-refractivity contribution >= 4 is 143 Å². The number of aromatic amines is 4. The van der Waals surface area contributed by atoms with Gasteiger partial charge in [-0.2, -0.15) is 18.7 Å². The zero-order valence-electron chi connectivity index (χ0n) is 52.1. The van der Waals surface area contributed by atoms with Crippen molar-refractivity contribution in [1.82, 2.24) is 54.1 Å². The number of halogens is 3. The first-order valence-corrected chi connectivity index (χ1v) is 30.7. The second-order valence-corrected chi connectivity index (χ2v) is 22.3. The number of azo groups is 4. The number of rotatable bonds is 15. The number of nitrogens with zero attached hydrogens (tertiary/aromatic N) is 18. The summed E-state index contributed by atoms with van der Waals surface area (Å²) in [6.07, 6.45) is 9.00. The lowest BCUT2D eigenvalue weighted by Gasteiger charge is -2.00. The molecule has 0 aliphatic carbocycles. The number of nitrogens with two attached hydrogens (primary N) is 4. The Labute approximate surface area is 603 Å². The Kier molecular flexibility index (Phi) is 24.0. The highest BCUT2D eigenvalue weighted by atomic mass is 35.5. The zero-order chi connectivity index (χ0) is 74.9. The third-order valence-electron chi connectivity index (χ3n) is 13.5. The second kappa shape index (κ2) is 33.6. The van der Waals surface area contributed by atoms with Gasteiger partial charge in [0, 0.05) is 77.2 Å². The van der Waals surface area contributed by atoms with E-state index in [4.69, 9.17) is 83.4 Å². The van der Waals surface area contributed by atoms with Gasteiger partial charge in [0.05, 0.1) is 61.2 Å². The molecule has 0 spiro atoms. The van der Waals surface area contributed by atoms with Gasteiger partial charge in [0.1, 0.15) is 28.6 Å². The molecule has 0 saturated heterocycles. The summed E-state index contributed by atoms with van der Waals surface area (Å²) in [6.45, 7) is 0. The molecule has 0 bridgehead atoms. The molecule has 12 N–H and O–H groups in total. The molecule has 0 saturated carbocycles. The molecule has 0 radical (unpaired) electrons. The topological polar surface area (TPSA) is 522 Å². The van der Waals surface area contributed by atoms with E-state index in [2.05, 4.69) is 76.3 Å². The highest BCUT2D eigenvalue weighted by Crippen LogP contribution is 2.33. The van der Waals surface area contributed by atoms with E-state index in [0.717, 1.165) is 18.7 Å². The van der Waals surface area contributed by atoms with Gasteiger partial charge >= 0.3 is 22.2 Å². The fraction of sp³-hybridized carbons (Fsp3) is 0. The summed E-state index contributed by atoms with van der Waals surface area (Å²) in [6, 6.07) is 36.0. The Morgan fingerprint density at radius 1 is 0.404 bits per heavy atom. The van der Waals surface area contributed by atoms with Gasteiger partial charge in [0.2, 0.25) is 0 Å². The Balaban J connectivity index is 0.000000161. The zero-order valence-corrected chi connectivity index (χ0v) is 56.1. The standard InChI is InChI=1S/C16H11FN6O3S.C15H10ClN7O3S.C15H11FN6OS.C15H11N7O3S/c17-11-3-1-2-4-12(11)19-20-14-13(21-22(15(14)24)16(18)27)9-5-7-10(8-6-9)23(25)26;16-9-5-10(7-18-6-9)19-20-13-12(21-22(14(13)24)15(17)27)8-1-3-11(4-2-8)23(25)26;16-10-5-3-9(4-6-10)12-13(14(23)22(21-12)15(17)24)20-19-11-2-1-7-18-8-11;16-15(26)21-14(23)13(19-18-10-2-1-7-17-8-10)12(20-21)9-3-5-11(6-4-9)22(24)25/h1-8,21H,(H2,18,27);1-7,21H,(H2,17,27);1-8,21H,(H2,17,24);1-8,20H,(H2,16,26). The van der Waals surface area contributed by atoms with Crippen LogP contribution < -0.4 is 45.2 Å². The van der Waals surface area contributed by atoms with Crippen molar-refractivity contribution in [3.05, 3.63) is 277 Å². The van der Waals surface area contributed by atoms with Crippen molar-refractivity contribution in [3.8, 4) is 45.0 Å². The minimum Gasteiger partial charge on any atom is -0.374 e. The Bertz CT molecular complexity index is 5650. The van der Waals surface area contributed by atoms with Gasteiger partial charge in [-0.3, -0.25) is 84.9 Å². The molecule has 0 unspecified atom stereocenters. The van der Waals surface area contributed by atoms with Crippen molar-refractivity contribution in [1.29, 1.82) is 0 Å². The van der Waals surface area contributed by atoms with Gasteiger partial charge in [0.15, 0.2) is 49.0 Å². The average Bonchev–Trinajstić information content (AvgIpc) is 1.67. The summed E-state index contributed by atoms with van der Waals surface area (Å²) in [5, 5.41) is 74.3. The highest BCUT2D eigenvalue weighted by Gasteiger charge is 2.23. The molecule has 0 aliphatic rings. The SMILES string of the molecule is NC(=S)n1[nH]c(-c2ccc(F)cc2)c(N=Nc2cccnc2)c1=O.NC(=S)n1[nH]c(-c2ccc([N+](=O)[O-])cc2)c(N=Nc2ccccc2F)c1=O.NC(=S)n1[nH]c(-c2ccc([N+](=O)[O-])cc2)c(N=Nc2cccnc2)c1=O.NC(=S)n1[nH]c(-c2ccc([N+](=O)[O-])cc2)c(N=Nc2cncc(Cl)c2)c1=O. The first-order valence-electron chi connectivity index (χ1n) is 28.7. The van der Waals surface area contributed by atoms with Gasteiger partial charge in [-0.05, 0) is 152 Å². The van der Waals surface area contributed by atoms with E-state index < -0.39 is 48.6 Å². The third kappa shape index (κ3) is 18.2. The van der Waals surface area contributed by atoms with Gasteiger partial charge in [-0.1, -0.05) is 23.7 Å². The number of nitrogens with one attached hydrogen (secondary N) is 4. The number of nitro groups is 3. The molecular weight excluding hydrogens is 1460 g/mol. The van der Waals surface area contributed by atoms with Crippen LogP contribution in [-0.2, 0) is 0 Å². The van der Waals surface area contributed by atoms with Gasteiger partial charge < -0.3 is 22.9 Å². The largest absolute Gasteiger partial charge is 0.374 e. The highest BCUT2D eigenvalue weighted by molar-refractivity contribution is 7.80. The van der Waals surface area contributed by atoms with Crippen LogP contribution in [0.5, 0.6) is 0 Å². The second-order valence-electron chi connectivity index (χ2n) is 20.2. The van der Waals surface area contributed by atoms with Gasteiger partial charge in [-0.25, -0.2) is 8.78 Å². The number of nitro benzene ring substituents is 3. The molecule has 0 fully saturated rings.